The highest BCUT2D eigenvalue weighted by molar-refractivity contribution is 7.89. The third kappa shape index (κ3) is 6.89. The summed E-state index contributed by atoms with van der Waals surface area (Å²) in [6.07, 6.45) is -9.54. The molecule has 166 valence electrons. The topological polar surface area (TPSA) is 58.6 Å². The van der Waals surface area contributed by atoms with E-state index in [4.69, 9.17) is 0 Å². The van der Waals surface area contributed by atoms with E-state index < -0.39 is 39.9 Å². The summed E-state index contributed by atoms with van der Waals surface area (Å²) in [6, 6.07) is 6.65. The van der Waals surface area contributed by atoms with E-state index in [1.807, 2.05) is 0 Å². The fraction of sp³-hybridized carbons (Fsp3) is 0.333. The Hall–Kier alpha value is -2.31. The smallest absolute Gasteiger partial charge is 0.406 e. The fourth-order valence-corrected chi connectivity index (χ4v) is 3.80. The average Bonchev–Trinajstić information content (AvgIpc) is 2.59. The first-order chi connectivity index (χ1) is 13.7. The molecule has 0 radical (unpaired) electrons. The van der Waals surface area contributed by atoms with Gasteiger partial charge in [0.2, 0.25) is 10.0 Å². The molecule has 0 heterocycles. The van der Waals surface area contributed by atoms with Crippen LogP contribution in [0.5, 0.6) is 5.75 Å². The minimum atomic E-state index is -4.93. The number of nitrogens with zero attached hydrogens (tertiary/aromatic N) is 1. The maximum absolute atomic E-state index is 13.0. The van der Waals surface area contributed by atoms with Crippen molar-refractivity contribution in [3.8, 4) is 5.75 Å². The highest BCUT2D eigenvalue weighted by Crippen LogP contribution is 2.31. The molecule has 0 bridgehead atoms. The van der Waals surface area contributed by atoms with Gasteiger partial charge >= 0.3 is 12.5 Å². The van der Waals surface area contributed by atoms with Gasteiger partial charge in [-0.05, 0) is 56.1 Å². The quantitative estimate of drug-likeness (QED) is 0.635. The van der Waals surface area contributed by atoms with Crippen LogP contribution < -0.4 is 9.46 Å². The number of alkyl halides is 6. The van der Waals surface area contributed by atoms with Crippen molar-refractivity contribution in [2.45, 2.75) is 23.5 Å². The standard InChI is InChI=1S/C18H18F6N2O3S/c1-26(2)11-16(12-4-3-5-13(10-12)17(19,20)21)25-30(27,28)15-8-6-14(7-9-15)29-18(22,23)24/h3-10,16,25H,11H2,1-2H3/t16-/m1/s1. The molecular formula is C18H18F6N2O3S. The number of hydrogen-bond acceptors (Lipinski definition) is 4. The van der Waals surface area contributed by atoms with E-state index in [0.717, 1.165) is 36.4 Å². The Balaban J connectivity index is 2.32. The Morgan fingerprint density at radius 1 is 1.00 bits per heavy atom. The highest BCUT2D eigenvalue weighted by atomic mass is 32.2. The van der Waals surface area contributed by atoms with Crippen molar-refractivity contribution >= 4 is 10.0 Å². The van der Waals surface area contributed by atoms with E-state index in [-0.39, 0.29) is 17.0 Å². The Kier molecular flexibility index (Phi) is 7.05. The predicted molar refractivity (Wildman–Crippen MR) is 96.2 cm³/mol. The number of hydrogen-bond donors (Lipinski definition) is 1. The normalized spacial score (nSPS) is 14.0. The summed E-state index contributed by atoms with van der Waals surface area (Å²) in [5.74, 6) is -0.607. The molecule has 0 amide bonds. The molecule has 0 aliphatic rings. The predicted octanol–water partition coefficient (Wildman–Crippen LogP) is 4.19. The molecule has 0 saturated carbocycles. The van der Waals surface area contributed by atoms with Gasteiger partial charge in [-0.3, -0.25) is 0 Å². The first kappa shape index (κ1) is 24.0. The zero-order valence-electron chi connectivity index (χ0n) is 15.8. The zero-order chi connectivity index (χ0) is 22.7. The summed E-state index contributed by atoms with van der Waals surface area (Å²) in [4.78, 5) is 1.21. The van der Waals surface area contributed by atoms with Crippen molar-refractivity contribution in [1.82, 2.24) is 9.62 Å². The minimum absolute atomic E-state index is 0.0375. The largest absolute Gasteiger partial charge is 0.573 e. The van der Waals surface area contributed by atoms with Crippen LogP contribution in [0, 0.1) is 0 Å². The highest BCUT2D eigenvalue weighted by Gasteiger charge is 2.32. The number of rotatable bonds is 7. The van der Waals surface area contributed by atoms with Gasteiger partial charge in [0.1, 0.15) is 5.75 Å². The van der Waals surface area contributed by atoms with Gasteiger partial charge < -0.3 is 9.64 Å². The molecule has 2 rings (SSSR count). The van der Waals surface area contributed by atoms with Crippen LogP contribution in [0.15, 0.2) is 53.4 Å². The molecule has 0 aliphatic heterocycles. The second kappa shape index (κ2) is 8.82. The van der Waals surface area contributed by atoms with Crippen molar-refractivity contribution in [3.05, 3.63) is 59.7 Å². The summed E-state index contributed by atoms with van der Waals surface area (Å²) in [5, 5.41) is 0. The SMILES string of the molecule is CN(C)C[C@@H](NS(=O)(=O)c1ccc(OC(F)(F)F)cc1)c1cccc(C(F)(F)F)c1. The lowest BCUT2D eigenvalue weighted by atomic mass is 10.0. The van der Waals surface area contributed by atoms with Gasteiger partial charge in [-0.1, -0.05) is 12.1 Å². The lowest BCUT2D eigenvalue weighted by Gasteiger charge is -2.23. The summed E-state index contributed by atoms with van der Waals surface area (Å²) < 4.78 is 107. The molecule has 30 heavy (non-hydrogen) atoms. The molecule has 2 aromatic rings. The van der Waals surface area contributed by atoms with Gasteiger partial charge in [0.15, 0.2) is 0 Å². The molecule has 0 unspecified atom stereocenters. The Morgan fingerprint density at radius 2 is 1.60 bits per heavy atom. The second-order valence-corrected chi connectivity index (χ2v) is 8.29. The first-order valence-corrected chi connectivity index (χ1v) is 9.86. The van der Waals surface area contributed by atoms with Crippen molar-refractivity contribution < 1.29 is 39.5 Å². The van der Waals surface area contributed by atoms with E-state index in [0.29, 0.717) is 0 Å². The molecule has 1 atom stereocenters. The van der Waals surface area contributed by atoms with Gasteiger partial charge in [-0.2, -0.15) is 13.2 Å². The van der Waals surface area contributed by atoms with Gasteiger partial charge in [0.25, 0.3) is 0 Å². The molecule has 0 aliphatic carbocycles. The maximum atomic E-state index is 13.0. The Bertz CT molecular complexity index is 957. The van der Waals surface area contributed by atoms with Crippen LogP contribution in [0.2, 0.25) is 0 Å². The van der Waals surface area contributed by atoms with Crippen LogP contribution in [0.25, 0.3) is 0 Å². The summed E-state index contributed by atoms with van der Waals surface area (Å²) in [5.41, 5.74) is -0.851. The van der Waals surface area contributed by atoms with E-state index >= 15 is 0 Å². The van der Waals surface area contributed by atoms with E-state index in [1.54, 1.807) is 19.0 Å². The van der Waals surface area contributed by atoms with E-state index in [9.17, 15) is 34.8 Å². The van der Waals surface area contributed by atoms with Crippen LogP contribution in [-0.2, 0) is 16.2 Å². The second-order valence-electron chi connectivity index (χ2n) is 6.58. The number of nitrogens with one attached hydrogen (secondary N) is 1. The summed E-state index contributed by atoms with van der Waals surface area (Å²) >= 11 is 0. The number of halogens is 6. The molecule has 0 fully saturated rings. The summed E-state index contributed by atoms with van der Waals surface area (Å²) in [7, 11) is -1.04. The summed E-state index contributed by atoms with van der Waals surface area (Å²) in [6.45, 7) is 0.0375. The van der Waals surface area contributed by atoms with Gasteiger partial charge in [0.05, 0.1) is 16.5 Å². The fourth-order valence-electron chi connectivity index (χ4n) is 2.58. The number of benzene rings is 2. The first-order valence-electron chi connectivity index (χ1n) is 8.37. The third-order valence-corrected chi connectivity index (χ3v) is 5.32. The van der Waals surface area contributed by atoms with Gasteiger partial charge in [-0.25, -0.2) is 13.1 Å². The van der Waals surface area contributed by atoms with Gasteiger partial charge in [-0.15, -0.1) is 13.2 Å². The third-order valence-electron chi connectivity index (χ3n) is 3.83. The van der Waals surface area contributed by atoms with Crippen molar-refractivity contribution in [2.24, 2.45) is 0 Å². The zero-order valence-corrected chi connectivity index (χ0v) is 16.6. The average molecular weight is 456 g/mol. The van der Waals surface area contributed by atoms with E-state index in [2.05, 4.69) is 9.46 Å². The van der Waals surface area contributed by atoms with Crippen molar-refractivity contribution in [2.75, 3.05) is 20.6 Å². The molecule has 1 N–H and O–H groups in total. The molecule has 0 aromatic heterocycles. The van der Waals surface area contributed by atoms with Crippen LogP contribution >= 0.6 is 0 Å². The maximum Gasteiger partial charge on any atom is 0.573 e. The van der Waals surface area contributed by atoms with Crippen LogP contribution in [0.4, 0.5) is 26.3 Å². The Morgan fingerprint density at radius 3 is 2.10 bits per heavy atom. The lowest BCUT2D eigenvalue weighted by Crippen LogP contribution is -2.35. The van der Waals surface area contributed by atoms with Crippen molar-refractivity contribution in [3.63, 3.8) is 0 Å². The number of sulfonamides is 1. The molecule has 5 nitrogen and oxygen atoms in total. The molecule has 12 heteroatoms. The molecule has 2 aromatic carbocycles. The van der Waals surface area contributed by atoms with Gasteiger partial charge in [0, 0.05) is 6.54 Å². The number of likely N-dealkylation sites (N-methyl/N-ethyl adjacent to an activating group) is 1. The van der Waals surface area contributed by atoms with E-state index in [1.165, 1.54) is 12.1 Å². The molecule has 0 spiro atoms. The van der Waals surface area contributed by atoms with Crippen LogP contribution in [0.3, 0.4) is 0 Å². The van der Waals surface area contributed by atoms with Crippen molar-refractivity contribution in [1.29, 1.82) is 0 Å². The Labute approximate surface area is 169 Å². The monoisotopic (exact) mass is 456 g/mol. The molecular weight excluding hydrogens is 438 g/mol. The minimum Gasteiger partial charge on any atom is -0.406 e. The van der Waals surface area contributed by atoms with Crippen LogP contribution in [-0.4, -0.2) is 40.3 Å². The lowest BCUT2D eigenvalue weighted by molar-refractivity contribution is -0.274. The molecule has 0 saturated heterocycles. The van der Waals surface area contributed by atoms with Crippen LogP contribution in [0.1, 0.15) is 17.2 Å². The number of ether oxygens (including phenoxy) is 1.